The van der Waals surface area contributed by atoms with E-state index in [2.05, 4.69) is 59.2 Å². The van der Waals surface area contributed by atoms with E-state index >= 15 is 4.79 Å². The van der Waals surface area contributed by atoms with Crippen molar-refractivity contribution in [3.8, 4) is 28.1 Å². The Hall–Kier alpha value is -5.88. The SMILES string of the molecule is CCn1c(-c2cccnc2[C@H](C)OC)c2c3cc(ccc31)-c1cc(O)cc(c1)C[C@H](NC(=O)[C@H](C1CCCC1)N(C)C(=O)CN(C)C(=O)[C@H]1[C@@H](C3CC3)N1CCCOC)C(=O)N1CCC[C@H](N1)C(=O)OCC(C)(C)C2. The molecule has 6 bridgehead atoms. The maximum absolute atomic E-state index is 15.0. The summed E-state index contributed by atoms with van der Waals surface area (Å²) in [6, 6.07) is 12.6. The van der Waals surface area contributed by atoms with Crippen LogP contribution in [0.1, 0.15) is 108 Å². The summed E-state index contributed by atoms with van der Waals surface area (Å²) in [6.45, 7) is 10.5. The Morgan fingerprint density at radius 3 is 2.49 bits per heavy atom. The zero-order valence-corrected chi connectivity index (χ0v) is 45.2. The lowest BCUT2D eigenvalue weighted by Crippen LogP contribution is -2.62. The van der Waals surface area contributed by atoms with Crippen molar-refractivity contribution in [3.05, 3.63) is 71.5 Å². The number of rotatable bonds is 16. The van der Waals surface area contributed by atoms with E-state index < -0.39 is 41.3 Å². The maximum Gasteiger partial charge on any atom is 0.324 e. The van der Waals surface area contributed by atoms with Crippen LogP contribution in [-0.2, 0) is 57.6 Å². The largest absolute Gasteiger partial charge is 0.508 e. The Balaban J connectivity index is 1.05. The molecule has 2 saturated heterocycles. The minimum absolute atomic E-state index is 0.00395. The highest BCUT2D eigenvalue weighted by Crippen LogP contribution is 2.48. The fraction of sp³-hybridized carbons (Fsp3) is 0.586. The van der Waals surface area contributed by atoms with Crippen molar-refractivity contribution >= 4 is 40.5 Å². The standard InChI is InChI=1S/C58H78N8O9/c1-9-64-47-22-21-39-31-43(47)44(52(64)42-17-12-23-59-49(42)35(2)74-8)32-58(3,4)34-75-57(72)45-18-13-25-66(61-45)55(70)46(29-36-27-40(39)30-41(67)28-36)60-54(69)51(37-15-10-11-16-37)63(6)48(68)33-62(5)56(71)53-50(38-19-20-38)65(53)24-14-26-73-7/h12,17,21-23,27-28,30-31,35,37-38,45-46,50-51,53,61,67H,9-11,13-16,18-20,24-26,29,32-34H2,1-8H3,(H,60,69)/t35-,45-,46-,50+,51-,53+,65?/m0/s1. The third-order valence-electron chi connectivity index (χ3n) is 16.5. The number of amides is 4. The lowest BCUT2D eigenvalue weighted by atomic mass is 9.84. The molecule has 0 radical (unpaired) electrons. The van der Waals surface area contributed by atoms with Gasteiger partial charge in [-0.1, -0.05) is 38.8 Å². The van der Waals surface area contributed by atoms with Crippen molar-refractivity contribution in [1.29, 1.82) is 0 Å². The van der Waals surface area contributed by atoms with Crippen LogP contribution in [0.3, 0.4) is 0 Å². The number of fused-ring (bicyclic) bond motifs is 6. The number of aryl methyl sites for hydroxylation is 1. The van der Waals surface area contributed by atoms with E-state index in [9.17, 15) is 24.3 Å². The molecule has 17 nitrogen and oxygen atoms in total. The topological polar surface area (TPSA) is 188 Å². The lowest BCUT2D eigenvalue weighted by molar-refractivity contribution is -0.155. The highest BCUT2D eigenvalue weighted by molar-refractivity contribution is 5.96. The second-order valence-corrected chi connectivity index (χ2v) is 22.6. The van der Waals surface area contributed by atoms with E-state index in [4.69, 9.17) is 19.2 Å². The Morgan fingerprint density at radius 2 is 1.77 bits per heavy atom. The molecule has 5 aliphatic rings. The number of carbonyl (C=O) groups excluding carboxylic acids is 5. The monoisotopic (exact) mass is 1030 g/mol. The van der Waals surface area contributed by atoms with Gasteiger partial charge in [-0.15, -0.1) is 0 Å². The van der Waals surface area contributed by atoms with E-state index in [0.717, 1.165) is 96.0 Å². The number of likely N-dealkylation sites (N-methyl/N-ethyl adjacent to an activating group) is 2. The van der Waals surface area contributed by atoms with Crippen molar-refractivity contribution in [1.82, 2.24) is 40.0 Å². The lowest BCUT2D eigenvalue weighted by Gasteiger charge is -2.37. The van der Waals surface area contributed by atoms with Gasteiger partial charge in [0.25, 0.3) is 5.91 Å². The van der Waals surface area contributed by atoms with Gasteiger partial charge in [0.1, 0.15) is 29.9 Å². The zero-order valence-electron chi connectivity index (χ0n) is 45.2. The molecule has 3 N–H and O–H groups in total. The number of hydrazine groups is 1. The van der Waals surface area contributed by atoms with Gasteiger partial charge >= 0.3 is 5.97 Å². The van der Waals surface area contributed by atoms with Gasteiger partial charge in [-0.3, -0.25) is 38.9 Å². The van der Waals surface area contributed by atoms with E-state index in [1.807, 2.05) is 25.1 Å². The van der Waals surface area contributed by atoms with Gasteiger partial charge in [0.2, 0.25) is 17.7 Å². The van der Waals surface area contributed by atoms with Crippen LogP contribution >= 0.6 is 0 Å². The zero-order chi connectivity index (χ0) is 53.3. The van der Waals surface area contributed by atoms with E-state index in [1.165, 1.54) is 14.8 Å². The van der Waals surface area contributed by atoms with Gasteiger partial charge in [-0.25, -0.2) is 5.43 Å². The van der Waals surface area contributed by atoms with Gasteiger partial charge in [0, 0.05) is 95.1 Å². The number of phenols is 1. The van der Waals surface area contributed by atoms with Gasteiger partial charge in [0.15, 0.2) is 0 Å². The van der Waals surface area contributed by atoms with Gasteiger partial charge in [-0.2, -0.15) is 0 Å². The quantitative estimate of drug-likeness (QED) is 0.0636. The summed E-state index contributed by atoms with van der Waals surface area (Å²) in [5, 5.41) is 17.0. The van der Waals surface area contributed by atoms with Gasteiger partial charge in [0.05, 0.1) is 30.6 Å². The molecular formula is C58H78N8O9. The molecule has 2 aromatic heterocycles. The number of methoxy groups -OCH3 is 2. The van der Waals surface area contributed by atoms with Crippen LogP contribution < -0.4 is 10.7 Å². The molecule has 3 aliphatic heterocycles. The van der Waals surface area contributed by atoms with Crippen molar-refractivity contribution in [3.63, 3.8) is 0 Å². The normalized spacial score (nSPS) is 23.8. The van der Waals surface area contributed by atoms with Crippen LogP contribution in [0.5, 0.6) is 5.75 Å². The number of ether oxygens (including phenoxy) is 3. The van der Waals surface area contributed by atoms with Crippen molar-refractivity contribution in [2.24, 2.45) is 17.3 Å². The fourth-order valence-electron chi connectivity index (χ4n) is 12.3. The number of cyclic esters (lactones) is 1. The molecule has 4 amide bonds. The summed E-state index contributed by atoms with van der Waals surface area (Å²) in [5.74, 6) is -1.56. The van der Waals surface area contributed by atoms with Crippen LogP contribution in [0, 0.1) is 17.3 Å². The number of pyridine rings is 1. The predicted molar refractivity (Wildman–Crippen MR) is 285 cm³/mol. The fourth-order valence-corrected chi connectivity index (χ4v) is 12.3. The second kappa shape index (κ2) is 22.8. The van der Waals surface area contributed by atoms with Crippen molar-refractivity contribution < 1.29 is 43.3 Å². The Morgan fingerprint density at radius 1 is 1.00 bits per heavy atom. The Labute approximate surface area is 441 Å². The number of nitrogens with one attached hydrogen (secondary N) is 2. The molecule has 9 rings (SSSR count). The number of esters is 1. The molecule has 1 unspecified atom stereocenters. The maximum atomic E-state index is 15.0. The molecule has 4 aromatic rings. The summed E-state index contributed by atoms with van der Waals surface area (Å²) in [5.41, 5.74) is 9.62. The molecule has 2 aromatic carbocycles. The number of benzene rings is 2. The third kappa shape index (κ3) is 11.6. The first-order chi connectivity index (χ1) is 36.0. The summed E-state index contributed by atoms with van der Waals surface area (Å²) in [4.78, 5) is 82.3. The highest BCUT2D eigenvalue weighted by atomic mass is 16.5. The smallest absolute Gasteiger partial charge is 0.324 e. The summed E-state index contributed by atoms with van der Waals surface area (Å²) < 4.78 is 19.6. The Kier molecular flexibility index (Phi) is 16.4. The first-order valence-electron chi connectivity index (χ1n) is 27.3. The highest BCUT2D eigenvalue weighted by Gasteiger charge is 2.59. The molecule has 2 saturated carbocycles. The number of aromatic nitrogens is 2. The Bertz CT molecular complexity index is 2770. The number of carbonyl (C=O) groups is 5. The average Bonchev–Trinajstić information content (AvgIpc) is 4.30. The summed E-state index contributed by atoms with van der Waals surface area (Å²) in [7, 11) is 6.63. The minimum Gasteiger partial charge on any atom is -0.508 e. The van der Waals surface area contributed by atoms with Crippen LogP contribution in [0.25, 0.3) is 33.3 Å². The van der Waals surface area contributed by atoms with Gasteiger partial charge in [-0.05, 0) is 136 Å². The van der Waals surface area contributed by atoms with E-state index in [-0.39, 0.29) is 67.8 Å². The molecule has 4 fully saturated rings. The molecule has 0 spiro atoms. The first kappa shape index (κ1) is 53.9. The summed E-state index contributed by atoms with van der Waals surface area (Å²) >= 11 is 0. The van der Waals surface area contributed by atoms with Crippen LogP contribution in [0.15, 0.2) is 54.7 Å². The van der Waals surface area contributed by atoms with Crippen LogP contribution in [0.4, 0.5) is 0 Å². The molecule has 75 heavy (non-hydrogen) atoms. The summed E-state index contributed by atoms with van der Waals surface area (Å²) in [6.07, 6.45) is 9.24. The average molecular weight is 1030 g/mol. The number of hydrogen-bond acceptors (Lipinski definition) is 12. The van der Waals surface area contributed by atoms with Gasteiger partial charge < -0.3 is 39.0 Å². The molecule has 404 valence electrons. The third-order valence-corrected chi connectivity index (χ3v) is 16.5. The number of nitrogens with zero attached hydrogens (tertiary/aromatic N) is 6. The molecule has 17 heteroatoms. The van der Waals surface area contributed by atoms with Crippen molar-refractivity contribution in [2.45, 2.75) is 141 Å². The molecule has 5 heterocycles. The number of hydrogen-bond donors (Lipinski definition) is 3. The predicted octanol–water partition coefficient (Wildman–Crippen LogP) is 6.43. The number of aromatic hydroxyl groups is 1. The van der Waals surface area contributed by atoms with E-state index in [1.54, 1.807) is 46.6 Å². The first-order valence-corrected chi connectivity index (χ1v) is 27.3. The van der Waals surface area contributed by atoms with Crippen molar-refractivity contribution in [2.75, 3.05) is 61.2 Å². The van der Waals surface area contributed by atoms with E-state index in [0.29, 0.717) is 43.9 Å². The number of phenolic OH excluding ortho intramolecular Hbond substituents is 1. The molecular weight excluding hydrogens is 953 g/mol. The van der Waals surface area contributed by atoms with Crippen LogP contribution in [0.2, 0.25) is 0 Å². The minimum atomic E-state index is -1.17. The molecule has 7 atom stereocenters. The second-order valence-electron chi connectivity index (χ2n) is 22.6. The van der Waals surface area contributed by atoms with Crippen LogP contribution in [-0.4, -0.2) is 155 Å². The molecule has 2 aliphatic carbocycles.